The van der Waals surface area contributed by atoms with Crippen molar-refractivity contribution in [2.24, 2.45) is 0 Å². The van der Waals surface area contributed by atoms with Gasteiger partial charge in [-0.2, -0.15) is 10.2 Å². The average Bonchev–Trinajstić information content (AvgIpc) is 3.19. The molecule has 0 aliphatic carbocycles. The molecule has 2 aromatic heterocycles. The quantitative estimate of drug-likeness (QED) is 0.431. The molecule has 2 aliphatic heterocycles. The van der Waals surface area contributed by atoms with Crippen LogP contribution in [0.2, 0.25) is 0 Å². The molecule has 9 heteroatoms. The van der Waals surface area contributed by atoms with Crippen LogP contribution in [0, 0.1) is 0 Å². The number of rotatable bonds is 2. The normalized spacial score (nSPS) is 16.5. The molecule has 0 aromatic carbocycles. The van der Waals surface area contributed by atoms with Gasteiger partial charge in [0.05, 0.1) is 11.4 Å². The number of H-pyrrole nitrogens is 2. The molecule has 0 unspecified atom stereocenters. The predicted octanol–water partition coefficient (Wildman–Crippen LogP) is -0.579. The van der Waals surface area contributed by atoms with E-state index in [1.807, 2.05) is 0 Å². The second kappa shape index (κ2) is 5.60. The smallest absolute Gasteiger partial charge is 0.367 e. The highest BCUT2D eigenvalue weighted by atomic mass is 16.6. The molecule has 0 fully saturated rings. The fourth-order valence-corrected chi connectivity index (χ4v) is 3.01. The van der Waals surface area contributed by atoms with Gasteiger partial charge in [0.25, 0.3) is 0 Å². The third-order valence-electron chi connectivity index (χ3n) is 4.18. The number of carbonyl (C=O) groups excluding carboxylic acids is 2. The van der Waals surface area contributed by atoms with Crippen LogP contribution in [0.5, 0.6) is 0 Å². The van der Waals surface area contributed by atoms with Gasteiger partial charge in [-0.25, -0.2) is 9.59 Å². The molecule has 0 saturated carbocycles. The third kappa shape index (κ3) is 2.43. The van der Waals surface area contributed by atoms with Crippen LogP contribution in [0.3, 0.4) is 0 Å². The Labute approximate surface area is 131 Å². The van der Waals surface area contributed by atoms with Crippen molar-refractivity contribution < 1.29 is 14.3 Å². The molecule has 0 spiro atoms. The molecule has 2 aliphatic rings. The number of fused-ring (bicyclic) bond motifs is 2. The van der Waals surface area contributed by atoms with Crippen LogP contribution >= 0.6 is 0 Å². The first kappa shape index (κ1) is 14.1. The number of ether oxygens (including phenoxy) is 1. The highest BCUT2D eigenvalue weighted by molar-refractivity contribution is 6.02. The van der Waals surface area contributed by atoms with Crippen LogP contribution in [0.4, 0.5) is 0 Å². The summed E-state index contributed by atoms with van der Waals surface area (Å²) in [6.45, 7) is 2.79. The Kier molecular flexibility index (Phi) is 3.43. The van der Waals surface area contributed by atoms with Gasteiger partial charge in [0.1, 0.15) is 0 Å². The van der Waals surface area contributed by atoms with Crippen LogP contribution in [-0.2, 0) is 30.7 Å². The van der Waals surface area contributed by atoms with Crippen LogP contribution in [0.15, 0.2) is 0 Å². The summed E-state index contributed by atoms with van der Waals surface area (Å²) in [5.74, 6) is -1.47. The minimum atomic E-state index is -0.736. The molecule has 0 radical (unpaired) electrons. The molecule has 23 heavy (non-hydrogen) atoms. The fourth-order valence-electron chi connectivity index (χ4n) is 3.01. The summed E-state index contributed by atoms with van der Waals surface area (Å²) in [6.07, 6.45) is 1.35. The van der Waals surface area contributed by atoms with Gasteiger partial charge >= 0.3 is 11.9 Å². The lowest BCUT2D eigenvalue weighted by molar-refractivity contribution is 0.0388. The second-order valence-corrected chi connectivity index (χ2v) is 5.59. The van der Waals surface area contributed by atoms with E-state index < -0.39 is 11.9 Å². The van der Waals surface area contributed by atoms with Gasteiger partial charge in [0.15, 0.2) is 11.4 Å². The van der Waals surface area contributed by atoms with E-state index in [0.29, 0.717) is 25.9 Å². The van der Waals surface area contributed by atoms with Crippen LogP contribution < -0.4 is 10.6 Å². The van der Waals surface area contributed by atoms with Crippen molar-refractivity contribution >= 4 is 11.9 Å². The Hall–Kier alpha value is -2.52. The molecule has 4 N–H and O–H groups in total. The molecule has 4 rings (SSSR count). The maximum atomic E-state index is 12.3. The largest absolute Gasteiger partial charge is 0.383 e. The molecular formula is C14H16N6O3. The first-order valence-corrected chi connectivity index (χ1v) is 7.54. The van der Waals surface area contributed by atoms with E-state index in [4.69, 9.17) is 4.74 Å². The average molecular weight is 316 g/mol. The highest BCUT2D eigenvalue weighted by Gasteiger charge is 2.28. The lowest BCUT2D eigenvalue weighted by Gasteiger charge is -2.13. The van der Waals surface area contributed by atoms with Gasteiger partial charge in [-0.05, 0) is 25.9 Å². The van der Waals surface area contributed by atoms with Crippen LogP contribution in [0.25, 0.3) is 0 Å². The zero-order valence-electron chi connectivity index (χ0n) is 12.4. The molecule has 0 amide bonds. The van der Waals surface area contributed by atoms with Crippen molar-refractivity contribution in [2.75, 3.05) is 13.1 Å². The van der Waals surface area contributed by atoms with E-state index in [9.17, 15) is 9.59 Å². The Balaban J connectivity index is 1.54. The Morgan fingerprint density at radius 3 is 1.78 bits per heavy atom. The lowest BCUT2D eigenvalue weighted by atomic mass is 10.1. The van der Waals surface area contributed by atoms with Crippen LogP contribution in [-0.4, -0.2) is 45.4 Å². The lowest BCUT2D eigenvalue weighted by Crippen LogP contribution is -2.25. The number of aromatic amines is 2. The van der Waals surface area contributed by atoms with Gasteiger partial charge in [-0.3, -0.25) is 10.2 Å². The minimum absolute atomic E-state index is 0.181. The number of nitrogens with zero attached hydrogens (tertiary/aromatic N) is 2. The van der Waals surface area contributed by atoms with Crippen LogP contribution in [0.1, 0.15) is 43.5 Å². The molecule has 4 heterocycles. The molecule has 0 atom stereocenters. The van der Waals surface area contributed by atoms with Crippen molar-refractivity contribution in [3.63, 3.8) is 0 Å². The van der Waals surface area contributed by atoms with Gasteiger partial charge in [0.2, 0.25) is 0 Å². The second-order valence-electron chi connectivity index (χ2n) is 5.59. The zero-order valence-corrected chi connectivity index (χ0v) is 12.4. The van der Waals surface area contributed by atoms with Gasteiger partial charge in [-0.15, -0.1) is 0 Å². The van der Waals surface area contributed by atoms with Crippen molar-refractivity contribution in [1.82, 2.24) is 31.0 Å². The highest BCUT2D eigenvalue weighted by Crippen LogP contribution is 2.19. The molecular weight excluding hydrogens is 300 g/mol. The number of esters is 2. The van der Waals surface area contributed by atoms with E-state index in [1.165, 1.54) is 0 Å². The number of hydrogen-bond acceptors (Lipinski definition) is 7. The van der Waals surface area contributed by atoms with E-state index >= 15 is 0 Å². The summed E-state index contributed by atoms with van der Waals surface area (Å²) in [4.78, 5) is 24.5. The molecule has 120 valence electrons. The molecule has 0 bridgehead atoms. The number of aromatic nitrogens is 4. The van der Waals surface area contributed by atoms with E-state index in [1.54, 1.807) is 0 Å². The maximum absolute atomic E-state index is 12.3. The van der Waals surface area contributed by atoms with Gasteiger partial charge in [-0.1, -0.05) is 0 Å². The summed E-state index contributed by atoms with van der Waals surface area (Å²) in [7, 11) is 0. The molecule has 2 aromatic rings. The topological polar surface area (TPSA) is 125 Å². The maximum Gasteiger partial charge on any atom is 0.367 e. The Morgan fingerprint density at radius 1 is 0.826 bits per heavy atom. The Bertz CT molecular complexity index is 713. The SMILES string of the molecule is O=C(OC(=O)c1n[nH]c2c1CCNC2)c1n[nH]c2c1CCNC2. The molecule has 0 saturated heterocycles. The monoisotopic (exact) mass is 316 g/mol. The standard InChI is InChI=1S/C14H16N6O3/c21-13(11-7-1-3-15-5-9(7)17-19-11)23-14(22)12-8-2-4-16-6-10(8)18-20-12/h15-16H,1-6H2,(H,17,19)(H,18,20). The number of nitrogens with one attached hydrogen (secondary N) is 4. The Morgan fingerprint density at radius 2 is 1.30 bits per heavy atom. The third-order valence-corrected chi connectivity index (χ3v) is 4.18. The van der Waals surface area contributed by atoms with Crippen molar-refractivity contribution in [2.45, 2.75) is 25.9 Å². The van der Waals surface area contributed by atoms with Crippen molar-refractivity contribution in [1.29, 1.82) is 0 Å². The first-order chi connectivity index (χ1) is 11.2. The summed E-state index contributed by atoms with van der Waals surface area (Å²) in [5.41, 5.74) is 3.71. The van der Waals surface area contributed by atoms with Crippen molar-refractivity contribution in [3.8, 4) is 0 Å². The van der Waals surface area contributed by atoms with E-state index in [0.717, 1.165) is 35.6 Å². The van der Waals surface area contributed by atoms with Gasteiger partial charge < -0.3 is 15.4 Å². The van der Waals surface area contributed by atoms with Gasteiger partial charge in [0, 0.05) is 24.2 Å². The summed E-state index contributed by atoms with van der Waals surface area (Å²) in [5, 5.41) is 20.0. The fraction of sp³-hybridized carbons (Fsp3) is 0.429. The predicted molar refractivity (Wildman–Crippen MR) is 77.7 cm³/mol. The van der Waals surface area contributed by atoms with Crippen molar-refractivity contribution in [3.05, 3.63) is 33.9 Å². The summed E-state index contributed by atoms with van der Waals surface area (Å²) >= 11 is 0. The first-order valence-electron chi connectivity index (χ1n) is 7.54. The summed E-state index contributed by atoms with van der Waals surface area (Å²) in [6, 6.07) is 0. The zero-order chi connectivity index (χ0) is 15.8. The minimum Gasteiger partial charge on any atom is -0.383 e. The number of carbonyl (C=O) groups is 2. The summed E-state index contributed by atoms with van der Waals surface area (Å²) < 4.78 is 4.99. The number of hydrogen-bond donors (Lipinski definition) is 4. The van der Waals surface area contributed by atoms with E-state index in [-0.39, 0.29) is 11.4 Å². The molecule has 9 nitrogen and oxygen atoms in total. The van der Waals surface area contributed by atoms with E-state index in [2.05, 4.69) is 31.0 Å².